The number of rotatable bonds is 4. The van der Waals surface area contributed by atoms with Gasteiger partial charge in [-0.3, -0.25) is 5.41 Å². The summed E-state index contributed by atoms with van der Waals surface area (Å²) in [6.07, 6.45) is 0. The van der Waals surface area contributed by atoms with Crippen LogP contribution in [0.5, 0.6) is 5.75 Å². The Balaban J connectivity index is 0.00000200. The maximum absolute atomic E-state index is 13.5. The Morgan fingerprint density at radius 2 is 1.95 bits per heavy atom. The maximum Gasteiger partial charge on any atom is 0.131 e. The lowest BCUT2D eigenvalue weighted by atomic mass is 10.2. The Hall–Kier alpha value is -1.78. The van der Waals surface area contributed by atoms with Crippen LogP contribution in [0.4, 0.5) is 4.39 Å². The second-order valence-corrected chi connectivity index (χ2v) is 4.34. The van der Waals surface area contributed by atoms with Crippen LogP contribution in [0.3, 0.4) is 0 Å². The number of benzene rings is 2. The molecule has 106 valence electrons. The minimum Gasteiger partial charge on any atom is -0.489 e. The summed E-state index contributed by atoms with van der Waals surface area (Å²) < 4.78 is 19.0. The van der Waals surface area contributed by atoms with Crippen molar-refractivity contribution >= 4 is 29.8 Å². The van der Waals surface area contributed by atoms with Crippen molar-refractivity contribution in [1.29, 1.82) is 5.41 Å². The van der Waals surface area contributed by atoms with Crippen molar-refractivity contribution in [3.8, 4) is 5.75 Å². The summed E-state index contributed by atoms with van der Waals surface area (Å²) in [4.78, 5) is 0. The van der Waals surface area contributed by atoms with Crippen molar-refractivity contribution in [3.05, 3.63) is 64.4 Å². The van der Waals surface area contributed by atoms with Crippen LogP contribution < -0.4 is 10.5 Å². The van der Waals surface area contributed by atoms with E-state index in [4.69, 9.17) is 27.5 Å². The molecule has 0 spiro atoms. The summed E-state index contributed by atoms with van der Waals surface area (Å²) in [7, 11) is 0. The van der Waals surface area contributed by atoms with E-state index in [1.165, 1.54) is 12.1 Å². The molecule has 3 nitrogen and oxygen atoms in total. The molecule has 0 amide bonds. The highest BCUT2D eigenvalue weighted by Gasteiger charge is 2.08. The van der Waals surface area contributed by atoms with Gasteiger partial charge in [0.25, 0.3) is 0 Å². The predicted octanol–water partition coefficient (Wildman–Crippen LogP) is 3.76. The Morgan fingerprint density at radius 3 is 2.60 bits per heavy atom. The first-order valence-corrected chi connectivity index (χ1v) is 5.96. The van der Waals surface area contributed by atoms with Crippen LogP contribution in [0, 0.1) is 11.2 Å². The van der Waals surface area contributed by atoms with E-state index in [2.05, 4.69) is 0 Å². The molecular formula is C14H13Cl2FN2O. The van der Waals surface area contributed by atoms with Gasteiger partial charge in [-0.2, -0.15) is 0 Å². The molecule has 0 atom stereocenters. The van der Waals surface area contributed by atoms with Crippen molar-refractivity contribution in [2.24, 2.45) is 5.73 Å². The quantitative estimate of drug-likeness (QED) is 0.666. The highest BCUT2D eigenvalue weighted by molar-refractivity contribution is 6.31. The third kappa shape index (κ3) is 3.85. The normalized spacial score (nSPS) is 9.70. The molecule has 0 aromatic heterocycles. The molecule has 0 saturated heterocycles. The topological polar surface area (TPSA) is 59.1 Å². The molecule has 20 heavy (non-hydrogen) atoms. The third-order valence-electron chi connectivity index (χ3n) is 2.59. The zero-order valence-electron chi connectivity index (χ0n) is 10.4. The molecule has 0 saturated carbocycles. The first-order valence-electron chi connectivity index (χ1n) is 5.58. The Bertz CT molecular complexity index is 600. The van der Waals surface area contributed by atoms with Gasteiger partial charge in [-0.15, -0.1) is 12.4 Å². The molecule has 0 fully saturated rings. The van der Waals surface area contributed by atoms with Gasteiger partial charge in [0.1, 0.15) is 24.0 Å². The van der Waals surface area contributed by atoms with E-state index in [0.29, 0.717) is 21.9 Å². The molecule has 0 bridgehead atoms. The predicted molar refractivity (Wildman–Crippen MR) is 80.4 cm³/mol. The molecule has 0 aliphatic rings. The lowest BCUT2D eigenvalue weighted by Crippen LogP contribution is -2.11. The van der Waals surface area contributed by atoms with Gasteiger partial charge in [0.2, 0.25) is 0 Å². The van der Waals surface area contributed by atoms with E-state index >= 15 is 0 Å². The van der Waals surface area contributed by atoms with Gasteiger partial charge >= 0.3 is 0 Å². The first kappa shape index (κ1) is 16.3. The Labute approximate surface area is 127 Å². The van der Waals surface area contributed by atoms with Crippen LogP contribution in [-0.4, -0.2) is 5.84 Å². The first-order chi connectivity index (χ1) is 9.08. The largest absolute Gasteiger partial charge is 0.489 e. The van der Waals surface area contributed by atoms with Crippen molar-refractivity contribution in [1.82, 2.24) is 0 Å². The lowest BCUT2D eigenvalue weighted by Gasteiger charge is -2.09. The summed E-state index contributed by atoms with van der Waals surface area (Å²) >= 11 is 5.90. The maximum atomic E-state index is 13.5. The third-order valence-corrected chi connectivity index (χ3v) is 2.94. The summed E-state index contributed by atoms with van der Waals surface area (Å²) in [6, 6.07) is 11.2. The molecule has 6 heteroatoms. The van der Waals surface area contributed by atoms with E-state index in [1.807, 2.05) is 0 Å². The number of nitrogens with two attached hydrogens (primary N) is 1. The number of amidine groups is 1. The SMILES string of the molecule is Cl.N=C(N)c1cccc(OCc2c(F)cccc2Cl)c1. The Kier molecular flexibility index (Phi) is 5.80. The van der Waals surface area contributed by atoms with Crippen LogP contribution in [0.15, 0.2) is 42.5 Å². The van der Waals surface area contributed by atoms with E-state index in [1.54, 1.807) is 30.3 Å². The number of hydrogen-bond donors (Lipinski definition) is 2. The number of halogens is 3. The highest BCUT2D eigenvalue weighted by atomic mass is 35.5. The van der Waals surface area contributed by atoms with Crippen LogP contribution in [0.1, 0.15) is 11.1 Å². The van der Waals surface area contributed by atoms with Gasteiger partial charge in [-0.05, 0) is 24.3 Å². The van der Waals surface area contributed by atoms with Crippen LogP contribution in [0.25, 0.3) is 0 Å². The molecule has 0 aliphatic heterocycles. The average molecular weight is 315 g/mol. The van der Waals surface area contributed by atoms with Gasteiger partial charge in [-0.1, -0.05) is 29.8 Å². The fourth-order valence-electron chi connectivity index (χ4n) is 1.58. The summed E-state index contributed by atoms with van der Waals surface area (Å²) in [6.45, 7) is 0.0207. The zero-order chi connectivity index (χ0) is 13.8. The standard InChI is InChI=1S/C14H12ClFN2O.ClH/c15-12-5-2-6-13(16)11(12)8-19-10-4-1-3-9(7-10)14(17)18;/h1-7H,8H2,(H3,17,18);1H. The van der Waals surface area contributed by atoms with E-state index in [-0.39, 0.29) is 24.8 Å². The number of nitrogen functional groups attached to an aromatic ring is 1. The molecule has 0 heterocycles. The smallest absolute Gasteiger partial charge is 0.131 e. The number of ether oxygens (including phenoxy) is 1. The summed E-state index contributed by atoms with van der Waals surface area (Å²) in [5, 5.41) is 7.66. The van der Waals surface area contributed by atoms with Crippen molar-refractivity contribution < 1.29 is 9.13 Å². The van der Waals surface area contributed by atoms with Gasteiger partial charge in [0, 0.05) is 11.1 Å². The van der Waals surface area contributed by atoms with Crippen LogP contribution in [-0.2, 0) is 6.61 Å². The van der Waals surface area contributed by atoms with E-state index in [9.17, 15) is 4.39 Å². The highest BCUT2D eigenvalue weighted by Crippen LogP contribution is 2.21. The summed E-state index contributed by atoms with van der Waals surface area (Å²) in [5.41, 5.74) is 6.24. The fourth-order valence-corrected chi connectivity index (χ4v) is 1.80. The fraction of sp³-hybridized carbons (Fsp3) is 0.0714. The van der Waals surface area contributed by atoms with Gasteiger partial charge < -0.3 is 10.5 Å². The van der Waals surface area contributed by atoms with Crippen molar-refractivity contribution in [2.45, 2.75) is 6.61 Å². The van der Waals surface area contributed by atoms with Crippen molar-refractivity contribution in [2.75, 3.05) is 0 Å². The molecule has 2 aromatic rings. The van der Waals surface area contributed by atoms with Crippen LogP contribution in [0.2, 0.25) is 5.02 Å². The molecular weight excluding hydrogens is 302 g/mol. The number of nitrogens with one attached hydrogen (secondary N) is 1. The van der Waals surface area contributed by atoms with Gasteiger partial charge in [-0.25, -0.2) is 4.39 Å². The van der Waals surface area contributed by atoms with Crippen LogP contribution >= 0.6 is 24.0 Å². The minimum atomic E-state index is -0.407. The molecule has 0 radical (unpaired) electrons. The Morgan fingerprint density at radius 1 is 1.25 bits per heavy atom. The summed E-state index contributed by atoms with van der Waals surface area (Å²) in [5.74, 6) is 0.0524. The lowest BCUT2D eigenvalue weighted by molar-refractivity contribution is 0.300. The molecule has 2 aromatic carbocycles. The zero-order valence-corrected chi connectivity index (χ0v) is 12.0. The number of hydrogen-bond acceptors (Lipinski definition) is 2. The van der Waals surface area contributed by atoms with E-state index in [0.717, 1.165) is 0 Å². The molecule has 0 unspecified atom stereocenters. The molecule has 2 rings (SSSR count). The van der Waals surface area contributed by atoms with E-state index < -0.39 is 5.82 Å². The van der Waals surface area contributed by atoms with Gasteiger partial charge in [0.05, 0.1) is 5.02 Å². The van der Waals surface area contributed by atoms with Crippen molar-refractivity contribution in [3.63, 3.8) is 0 Å². The monoisotopic (exact) mass is 314 g/mol. The second kappa shape index (κ2) is 7.12. The van der Waals surface area contributed by atoms with Gasteiger partial charge in [0.15, 0.2) is 0 Å². The average Bonchev–Trinajstić information content (AvgIpc) is 2.38. The molecule has 3 N–H and O–H groups in total. The molecule has 0 aliphatic carbocycles. The second-order valence-electron chi connectivity index (χ2n) is 3.93. The minimum absolute atomic E-state index is 0.